The number of aliphatic carboxylic acids is 1. The molecule has 2 N–H and O–H groups in total. The van der Waals surface area contributed by atoms with Gasteiger partial charge < -0.3 is 10.4 Å². The quantitative estimate of drug-likeness (QED) is 0.750. The minimum absolute atomic E-state index is 0.00682. The van der Waals surface area contributed by atoms with Crippen LogP contribution in [0.2, 0.25) is 0 Å². The summed E-state index contributed by atoms with van der Waals surface area (Å²) in [4.78, 5) is 10.5. The summed E-state index contributed by atoms with van der Waals surface area (Å²) in [6, 6.07) is 6.00. The number of carboxylic acid groups (broad SMARTS) is 1. The second-order valence-electron chi connectivity index (χ2n) is 3.84. The Morgan fingerprint density at radius 3 is 3.00 bits per heavy atom. The third-order valence-electron chi connectivity index (χ3n) is 2.42. The van der Waals surface area contributed by atoms with Gasteiger partial charge in [0.25, 0.3) is 0 Å². The van der Waals surface area contributed by atoms with Crippen molar-refractivity contribution in [2.24, 2.45) is 0 Å². The van der Waals surface area contributed by atoms with Gasteiger partial charge in [0.1, 0.15) is 0 Å². The van der Waals surface area contributed by atoms with Crippen molar-refractivity contribution in [3.05, 3.63) is 28.2 Å². The molecule has 106 valence electrons. The van der Waals surface area contributed by atoms with Gasteiger partial charge >= 0.3 is 5.97 Å². The first kappa shape index (κ1) is 15.3. The van der Waals surface area contributed by atoms with Crippen LogP contribution in [0.5, 0.6) is 0 Å². The fourth-order valence-electron chi connectivity index (χ4n) is 1.53. The molecule has 0 atom stereocenters. The van der Waals surface area contributed by atoms with Gasteiger partial charge in [-0.15, -0.1) is 10.2 Å². The highest BCUT2D eigenvalue weighted by Gasteiger charge is 2.09. The Morgan fingerprint density at radius 2 is 2.30 bits per heavy atom. The molecule has 0 spiro atoms. The van der Waals surface area contributed by atoms with Gasteiger partial charge in [-0.05, 0) is 30.2 Å². The first-order valence-corrected chi connectivity index (χ1v) is 8.41. The zero-order chi connectivity index (χ0) is 14.5. The van der Waals surface area contributed by atoms with Crippen LogP contribution < -0.4 is 5.32 Å². The SMILES string of the molecule is CCc1cc(Br)ccc1Nc1nnc(SCC(=O)O)s1. The van der Waals surface area contributed by atoms with Crippen molar-refractivity contribution in [1.29, 1.82) is 0 Å². The van der Waals surface area contributed by atoms with Gasteiger partial charge in [0.05, 0.1) is 5.75 Å². The zero-order valence-electron chi connectivity index (χ0n) is 10.6. The number of benzene rings is 1. The Hall–Kier alpha value is -1.12. The monoisotopic (exact) mass is 373 g/mol. The second-order valence-corrected chi connectivity index (χ2v) is 6.95. The number of carboxylic acids is 1. The second kappa shape index (κ2) is 7.05. The van der Waals surface area contributed by atoms with Gasteiger partial charge in [-0.25, -0.2) is 0 Å². The van der Waals surface area contributed by atoms with Crippen LogP contribution in [0.3, 0.4) is 0 Å². The summed E-state index contributed by atoms with van der Waals surface area (Å²) in [5.41, 5.74) is 2.16. The standard InChI is InChI=1S/C12H12BrN3O2S2/c1-2-7-5-8(13)3-4-9(7)14-11-15-16-12(20-11)19-6-10(17)18/h3-5H,2,6H2,1H3,(H,14,15)(H,17,18). The van der Waals surface area contributed by atoms with E-state index >= 15 is 0 Å². The molecule has 2 aromatic rings. The van der Waals surface area contributed by atoms with E-state index in [1.165, 1.54) is 28.7 Å². The summed E-state index contributed by atoms with van der Waals surface area (Å²) in [5, 5.41) is 20.5. The summed E-state index contributed by atoms with van der Waals surface area (Å²) in [5.74, 6) is -0.867. The van der Waals surface area contributed by atoms with E-state index in [1.807, 2.05) is 12.1 Å². The van der Waals surface area contributed by atoms with E-state index < -0.39 is 5.97 Å². The molecule has 1 aromatic heterocycles. The van der Waals surface area contributed by atoms with E-state index in [1.54, 1.807) is 0 Å². The smallest absolute Gasteiger partial charge is 0.313 e. The predicted molar refractivity (Wildman–Crippen MR) is 85.1 cm³/mol. The number of nitrogens with zero attached hydrogens (tertiary/aromatic N) is 2. The van der Waals surface area contributed by atoms with Crippen LogP contribution in [0.25, 0.3) is 0 Å². The van der Waals surface area contributed by atoms with E-state index in [4.69, 9.17) is 5.11 Å². The number of nitrogens with one attached hydrogen (secondary N) is 1. The van der Waals surface area contributed by atoms with Crippen LogP contribution in [-0.2, 0) is 11.2 Å². The number of carbonyl (C=O) groups is 1. The number of halogens is 1. The molecule has 0 aliphatic rings. The zero-order valence-corrected chi connectivity index (χ0v) is 13.8. The fraction of sp³-hybridized carbons (Fsp3) is 0.250. The third kappa shape index (κ3) is 4.19. The average Bonchev–Trinajstić information content (AvgIpc) is 2.86. The lowest BCUT2D eigenvalue weighted by Gasteiger charge is -2.08. The maximum Gasteiger partial charge on any atom is 0.313 e. The summed E-state index contributed by atoms with van der Waals surface area (Å²) < 4.78 is 1.68. The van der Waals surface area contributed by atoms with Gasteiger partial charge in [-0.2, -0.15) is 0 Å². The lowest BCUT2D eigenvalue weighted by atomic mass is 10.1. The summed E-state index contributed by atoms with van der Waals surface area (Å²) in [7, 11) is 0. The molecular weight excluding hydrogens is 362 g/mol. The largest absolute Gasteiger partial charge is 0.481 e. The highest BCUT2D eigenvalue weighted by Crippen LogP contribution is 2.30. The number of hydrogen-bond acceptors (Lipinski definition) is 6. The molecule has 0 bridgehead atoms. The molecule has 2 rings (SSSR count). The number of anilines is 2. The molecule has 1 heterocycles. The maximum absolute atomic E-state index is 10.5. The number of rotatable bonds is 6. The lowest BCUT2D eigenvalue weighted by molar-refractivity contribution is -0.133. The van der Waals surface area contributed by atoms with Crippen LogP contribution in [0.15, 0.2) is 27.0 Å². The van der Waals surface area contributed by atoms with Gasteiger partial charge in [-0.1, -0.05) is 46.0 Å². The molecule has 0 amide bonds. The fourth-order valence-corrected chi connectivity index (χ4v) is 3.43. The molecule has 1 aromatic carbocycles. The summed E-state index contributed by atoms with van der Waals surface area (Å²) >= 11 is 5.97. The molecule has 0 aliphatic carbocycles. The third-order valence-corrected chi connectivity index (χ3v) is 4.87. The molecule has 5 nitrogen and oxygen atoms in total. The van der Waals surface area contributed by atoms with Crippen molar-refractivity contribution in [2.75, 3.05) is 11.1 Å². The van der Waals surface area contributed by atoms with E-state index in [0.717, 1.165) is 16.6 Å². The number of aryl methyl sites for hydroxylation is 1. The van der Waals surface area contributed by atoms with Crippen molar-refractivity contribution < 1.29 is 9.90 Å². The van der Waals surface area contributed by atoms with Gasteiger partial charge in [-0.3, -0.25) is 4.79 Å². The first-order chi connectivity index (χ1) is 9.58. The maximum atomic E-state index is 10.5. The van der Waals surface area contributed by atoms with Crippen LogP contribution in [0.1, 0.15) is 12.5 Å². The topological polar surface area (TPSA) is 75.1 Å². The van der Waals surface area contributed by atoms with Crippen molar-refractivity contribution in [3.8, 4) is 0 Å². The van der Waals surface area contributed by atoms with Crippen LogP contribution in [0, 0.1) is 0 Å². The minimum atomic E-state index is -0.860. The Balaban J connectivity index is 2.08. The van der Waals surface area contributed by atoms with E-state index in [-0.39, 0.29) is 5.75 Å². The molecule has 20 heavy (non-hydrogen) atoms. The number of aromatic nitrogens is 2. The highest BCUT2D eigenvalue weighted by atomic mass is 79.9. The van der Waals surface area contributed by atoms with E-state index in [2.05, 4.69) is 44.4 Å². The van der Waals surface area contributed by atoms with Gasteiger partial charge in [0.2, 0.25) is 5.13 Å². The van der Waals surface area contributed by atoms with Crippen molar-refractivity contribution in [3.63, 3.8) is 0 Å². The summed E-state index contributed by atoms with van der Waals surface area (Å²) in [6.07, 6.45) is 0.904. The Labute approximate surface area is 132 Å². The van der Waals surface area contributed by atoms with Gasteiger partial charge in [0.15, 0.2) is 4.34 Å². The molecule has 0 fully saturated rings. The average molecular weight is 374 g/mol. The van der Waals surface area contributed by atoms with Crippen molar-refractivity contribution in [1.82, 2.24) is 10.2 Å². The van der Waals surface area contributed by atoms with Crippen molar-refractivity contribution in [2.45, 2.75) is 17.7 Å². The first-order valence-electron chi connectivity index (χ1n) is 5.82. The van der Waals surface area contributed by atoms with E-state index in [0.29, 0.717) is 9.47 Å². The minimum Gasteiger partial charge on any atom is -0.481 e. The normalized spacial score (nSPS) is 10.5. The molecule has 0 aliphatic heterocycles. The Kier molecular flexibility index (Phi) is 5.38. The van der Waals surface area contributed by atoms with E-state index in [9.17, 15) is 4.79 Å². The molecule has 0 unspecified atom stereocenters. The lowest BCUT2D eigenvalue weighted by Crippen LogP contribution is -1.96. The number of thioether (sulfide) groups is 1. The molecule has 8 heteroatoms. The highest BCUT2D eigenvalue weighted by molar-refractivity contribution is 9.10. The predicted octanol–water partition coefficient (Wildman–Crippen LogP) is 3.78. The molecule has 0 saturated carbocycles. The Morgan fingerprint density at radius 1 is 1.50 bits per heavy atom. The van der Waals surface area contributed by atoms with Crippen LogP contribution in [-0.4, -0.2) is 27.0 Å². The van der Waals surface area contributed by atoms with Crippen LogP contribution in [0.4, 0.5) is 10.8 Å². The Bertz CT molecular complexity index is 618. The van der Waals surface area contributed by atoms with Crippen LogP contribution >= 0.6 is 39.0 Å². The molecule has 0 radical (unpaired) electrons. The summed E-state index contributed by atoms with van der Waals surface area (Å²) in [6.45, 7) is 2.08. The molecule has 0 saturated heterocycles. The number of hydrogen-bond donors (Lipinski definition) is 2. The molecular formula is C12H12BrN3O2S2. The van der Waals surface area contributed by atoms with Gasteiger partial charge in [0, 0.05) is 10.2 Å². The van der Waals surface area contributed by atoms with Crippen molar-refractivity contribution >= 4 is 55.8 Å².